The summed E-state index contributed by atoms with van der Waals surface area (Å²) < 4.78 is 16.3. The summed E-state index contributed by atoms with van der Waals surface area (Å²) in [5, 5.41) is 12.5. The Morgan fingerprint density at radius 3 is 2.22 bits per heavy atom. The molecule has 0 radical (unpaired) electrons. The third-order valence-electron chi connectivity index (χ3n) is 8.34. The molecule has 0 aliphatic carbocycles. The van der Waals surface area contributed by atoms with E-state index in [-0.39, 0.29) is 35.8 Å². The summed E-state index contributed by atoms with van der Waals surface area (Å²) in [6, 6.07) is 8.43. The van der Waals surface area contributed by atoms with Crippen molar-refractivity contribution in [3.05, 3.63) is 53.4 Å². The second-order valence-corrected chi connectivity index (χ2v) is 13.6. The predicted octanol–water partition coefficient (Wildman–Crippen LogP) is 2.66. The summed E-state index contributed by atoms with van der Waals surface area (Å²) in [5.74, 6) is -0.977. The van der Waals surface area contributed by atoms with Gasteiger partial charge in [-0.1, -0.05) is 63.2 Å². The molecule has 3 N–H and O–H groups in total. The summed E-state index contributed by atoms with van der Waals surface area (Å²) in [7, 11) is 0. The number of amides is 3. The number of ether oxygens (including phenoxy) is 2. The van der Waals surface area contributed by atoms with Crippen molar-refractivity contribution in [2.75, 3.05) is 26.4 Å². The highest BCUT2D eigenvalue weighted by Gasteiger charge is 2.50. The highest BCUT2D eigenvalue weighted by atomic mass is 16.6. The van der Waals surface area contributed by atoms with Gasteiger partial charge in [0, 0.05) is 25.1 Å². The third-order valence-corrected chi connectivity index (χ3v) is 8.34. The smallest absolute Gasteiger partial charge is 0.274 e. The monoisotopic (exact) mass is 639 g/mol. The number of aromatic nitrogens is 1. The average molecular weight is 640 g/mol. The van der Waals surface area contributed by atoms with Crippen LogP contribution >= 0.6 is 0 Å². The molecule has 46 heavy (non-hydrogen) atoms. The number of epoxide rings is 1. The Morgan fingerprint density at radius 2 is 1.59 bits per heavy atom. The van der Waals surface area contributed by atoms with Crippen LogP contribution in [0.15, 0.2) is 40.9 Å². The van der Waals surface area contributed by atoms with E-state index in [0.717, 1.165) is 12.1 Å². The van der Waals surface area contributed by atoms with Gasteiger partial charge in [-0.25, -0.2) is 0 Å². The number of hydrogen-bond acceptors (Lipinski definition) is 9. The van der Waals surface area contributed by atoms with Gasteiger partial charge in [0.25, 0.3) is 5.91 Å². The molecular formula is C34H49N5O7. The third kappa shape index (κ3) is 9.94. The maximum absolute atomic E-state index is 13.8. The lowest BCUT2D eigenvalue weighted by molar-refractivity contribution is -0.133. The minimum atomic E-state index is -0.994. The highest BCUT2D eigenvalue weighted by molar-refractivity contribution is 5.99. The molecule has 3 amide bonds. The van der Waals surface area contributed by atoms with Gasteiger partial charge in [-0.15, -0.1) is 0 Å². The van der Waals surface area contributed by atoms with Gasteiger partial charge in [0.05, 0.1) is 32.4 Å². The van der Waals surface area contributed by atoms with Gasteiger partial charge in [-0.05, 0) is 44.1 Å². The van der Waals surface area contributed by atoms with Crippen LogP contribution in [0.2, 0.25) is 0 Å². The molecule has 0 unspecified atom stereocenters. The fraction of sp³-hybridized carbons (Fsp3) is 0.618. The summed E-state index contributed by atoms with van der Waals surface area (Å²) in [4.78, 5) is 56.2. The largest absolute Gasteiger partial charge is 0.379 e. The fourth-order valence-electron chi connectivity index (χ4n) is 5.55. The average Bonchev–Trinajstić information content (AvgIpc) is 3.58. The Hall–Kier alpha value is -3.61. The van der Waals surface area contributed by atoms with Crippen molar-refractivity contribution in [3.8, 4) is 0 Å². The molecule has 0 saturated carbocycles. The minimum absolute atomic E-state index is 0.0560. The van der Waals surface area contributed by atoms with Crippen molar-refractivity contribution in [2.24, 2.45) is 11.8 Å². The summed E-state index contributed by atoms with van der Waals surface area (Å²) in [6.45, 7) is 14.4. The first kappa shape index (κ1) is 35.2. The molecule has 3 heterocycles. The summed E-state index contributed by atoms with van der Waals surface area (Å²) in [6.07, 6.45) is 0.965. The molecule has 2 fully saturated rings. The van der Waals surface area contributed by atoms with E-state index in [1.807, 2.05) is 58.0 Å². The first-order valence-corrected chi connectivity index (χ1v) is 16.3. The Balaban J connectivity index is 1.47. The molecule has 2 aliphatic rings. The van der Waals surface area contributed by atoms with Crippen LogP contribution in [0.25, 0.3) is 0 Å². The molecule has 0 bridgehead atoms. The number of nitrogens with one attached hydrogen (secondary N) is 3. The van der Waals surface area contributed by atoms with Gasteiger partial charge >= 0.3 is 0 Å². The molecule has 5 atom stereocenters. The number of carbonyl (C=O) groups is 4. The number of ketones is 1. The second kappa shape index (κ2) is 15.8. The first-order chi connectivity index (χ1) is 21.8. The lowest BCUT2D eigenvalue weighted by Gasteiger charge is -2.32. The zero-order valence-electron chi connectivity index (χ0n) is 27.8. The lowest BCUT2D eigenvalue weighted by atomic mass is 9.93. The molecule has 252 valence electrons. The molecule has 2 aliphatic heterocycles. The van der Waals surface area contributed by atoms with Gasteiger partial charge in [-0.2, -0.15) is 0 Å². The number of hydrogen-bond donors (Lipinski definition) is 3. The first-order valence-electron chi connectivity index (χ1n) is 16.3. The predicted molar refractivity (Wildman–Crippen MR) is 171 cm³/mol. The molecule has 12 heteroatoms. The van der Waals surface area contributed by atoms with Crippen LogP contribution in [0.1, 0.15) is 76.2 Å². The SMILES string of the molecule is CC(C)C[C@H](NC(=O)c1cc(CN2CCOC[C@@H]2C)on1)C(=O)N[C@@H](Cc1ccccc1)C(=O)N[C@@H](CC(C)C)C(=O)[C@]1(C)CO1. The number of morpholine rings is 1. The van der Waals surface area contributed by atoms with Gasteiger partial charge in [0.1, 0.15) is 17.7 Å². The molecular weight excluding hydrogens is 590 g/mol. The van der Waals surface area contributed by atoms with Crippen LogP contribution in [0.5, 0.6) is 0 Å². The quantitative estimate of drug-likeness (QED) is 0.235. The fourth-order valence-corrected chi connectivity index (χ4v) is 5.55. The molecule has 4 rings (SSSR count). The number of rotatable bonds is 16. The maximum atomic E-state index is 13.8. The second-order valence-electron chi connectivity index (χ2n) is 13.6. The van der Waals surface area contributed by atoms with Crippen LogP contribution < -0.4 is 16.0 Å². The van der Waals surface area contributed by atoms with Crippen molar-refractivity contribution in [1.29, 1.82) is 0 Å². The maximum Gasteiger partial charge on any atom is 0.274 e. The highest BCUT2D eigenvalue weighted by Crippen LogP contribution is 2.29. The molecule has 2 saturated heterocycles. The van der Waals surface area contributed by atoms with Gasteiger partial charge < -0.3 is 29.9 Å². The van der Waals surface area contributed by atoms with E-state index in [4.69, 9.17) is 14.0 Å². The minimum Gasteiger partial charge on any atom is -0.379 e. The normalized spacial score (nSPS) is 21.8. The van der Waals surface area contributed by atoms with E-state index >= 15 is 0 Å². The molecule has 0 spiro atoms. The number of benzene rings is 1. The van der Waals surface area contributed by atoms with E-state index in [2.05, 4.69) is 32.9 Å². The van der Waals surface area contributed by atoms with E-state index in [1.165, 1.54) is 0 Å². The van der Waals surface area contributed by atoms with E-state index in [9.17, 15) is 19.2 Å². The van der Waals surface area contributed by atoms with Crippen molar-refractivity contribution in [1.82, 2.24) is 26.0 Å². The molecule has 1 aromatic carbocycles. The Morgan fingerprint density at radius 1 is 0.957 bits per heavy atom. The molecule has 1 aromatic heterocycles. The topological polar surface area (TPSA) is 155 Å². The van der Waals surface area contributed by atoms with Gasteiger partial charge in [-0.3, -0.25) is 24.1 Å². The summed E-state index contributed by atoms with van der Waals surface area (Å²) >= 11 is 0. The van der Waals surface area contributed by atoms with Crippen molar-refractivity contribution in [2.45, 2.75) is 97.1 Å². The zero-order chi connectivity index (χ0) is 33.4. The van der Waals surface area contributed by atoms with E-state index < -0.39 is 41.4 Å². The van der Waals surface area contributed by atoms with Crippen molar-refractivity contribution < 1.29 is 33.2 Å². The Labute approximate surface area is 271 Å². The van der Waals surface area contributed by atoms with Crippen LogP contribution in [0.3, 0.4) is 0 Å². The Bertz CT molecular complexity index is 1340. The molecule has 12 nitrogen and oxygen atoms in total. The number of Topliss-reactive ketones (excluding diaryl/α,β-unsaturated/α-hetero) is 1. The number of carbonyl (C=O) groups excluding carboxylic acids is 4. The molecule has 2 aromatic rings. The lowest BCUT2D eigenvalue weighted by Crippen LogP contribution is -2.57. The van der Waals surface area contributed by atoms with Gasteiger partial charge in [0.2, 0.25) is 11.8 Å². The van der Waals surface area contributed by atoms with E-state index in [0.29, 0.717) is 45.0 Å². The zero-order valence-corrected chi connectivity index (χ0v) is 27.8. The standard InChI is InChI=1S/C34H49N5O7/c1-21(2)14-26(30(40)34(6)20-45-34)35-32(42)28(16-24-10-8-7-9-11-24)37-31(41)27(15-22(3)4)36-33(43)29-17-25(46-38-29)18-39-12-13-44-19-23(39)5/h7-11,17,21-23,26-28H,12-16,18-20H2,1-6H3,(H,35,42)(H,36,43)(H,37,41)/t23-,26-,27-,28-,34-/m0/s1. The van der Waals surface area contributed by atoms with Gasteiger partial charge in [0.15, 0.2) is 17.2 Å². The van der Waals surface area contributed by atoms with Crippen molar-refractivity contribution >= 4 is 23.5 Å². The van der Waals surface area contributed by atoms with Crippen LogP contribution in [0.4, 0.5) is 0 Å². The van der Waals surface area contributed by atoms with E-state index in [1.54, 1.807) is 13.0 Å². The van der Waals surface area contributed by atoms with Crippen molar-refractivity contribution in [3.63, 3.8) is 0 Å². The number of nitrogens with zero attached hydrogens (tertiary/aromatic N) is 2. The summed E-state index contributed by atoms with van der Waals surface area (Å²) in [5.41, 5.74) is 0.00206. The van der Waals surface area contributed by atoms with Crippen LogP contribution in [-0.4, -0.2) is 89.7 Å². The van der Waals surface area contributed by atoms with Crippen LogP contribution in [-0.2, 0) is 36.8 Å². The van der Waals surface area contributed by atoms with Crippen LogP contribution in [0, 0.1) is 11.8 Å². The Kier molecular flexibility index (Phi) is 12.1.